The first kappa shape index (κ1) is 18.0. The molecule has 7 nitrogen and oxygen atoms in total. The number of carbonyl (C=O) groups is 1. The monoisotopic (exact) mass is 386 g/mol. The van der Waals surface area contributed by atoms with Crippen LogP contribution in [-0.4, -0.2) is 21.6 Å². The third-order valence-electron chi connectivity index (χ3n) is 3.67. The summed E-state index contributed by atoms with van der Waals surface area (Å²) in [6.07, 6.45) is 0.800. The summed E-state index contributed by atoms with van der Waals surface area (Å²) >= 11 is 2.25. The largest absolute Gasteiger partial charge is 0.326 e. The normalized spacial score (nSPS) is 10.6. The van der Waals surface area contributed by atoms with Gasteiger partial charge in [0.15, 0.2) is 0 Å². The number of aromatic amines is 2. The molecule has 9 heteroatoms. The van der Waals surface area contributed by atoms with Gasteiger partial charge < -0.3 is 10.3 Å². The molecule has 0 atom stereocenters. The quantitative estimate of drug-likeness (QED) is 0.582. The lowest BCUT2D eigenvalue weighted by Gasteiger charge is -2.09. The zero-order chi connectivity index (χ0) is 18.7. The third-order valence-corrected chi connectivity index (χ3v) is 6.13. The standard InChI is InChI=1S/C17H14N4O3S2/c1-2-9-5-3-4-6-11(9)19-12(22)8-25-16-10(7-18)13-14(26-16)15(23)21-17(24)20-13/h3-6H,2,8H2,1H3,(H,19,22)(H2,20,21,23,24). The molecule has 3 aromatic rings. The first-order valence-electron chi connectivity index (χ1n) is 7.73. The zero-order valence-corrected chi connectivity index (χ0v) is 15.3. The highest BCUT2D eigenvalue weighted by atomic mass is 32.2. The Hall–Kier alpha value is -2.83. The SMILES string of the molecule is CCc1ccccc1NC(=O)CSc1sc2c(=O)[nH]c(=O)[nH]c2c1C#N. The van der Waals surface area contributed by atoms with Crippen LogP contribution in [-0.2, 0) is 11.2 Å². The first-order chi connectivity index (χ1) is 12.5. The Morgan fingerprint density at radius 2 is 2.08 bits per heavy atom. The Kier molecular flexibility index (Phi) is 5.25. The minimum Gasteiger partial charge on any atom is -0.325 e. The lowest BCUT2D eigenvalue weighted by atomic mass is 10.1. The van der Waals surface area contributed by atoms with Gasteiger partial charge in [-0.1, -0.05) is 25.1 Å². The number of carbonyl (C=O) groups excluding carboxylic acids is 1. The fourth-order valence-electron chi connectivity index (χ4n) is 2.47. The van der Waals surface area contributed by atoms with E-state index >= 15 is 0 Å². The second kappa shape index (κ2) is 7.59. The molecule has 0 aliphatic heterocycles. The summed E-state index contributed by atoms with van der Waals surface area (Å²) in [5.74, 6) is -0.124. The van der Waals surface area contributed by atoms with Gasteiger partial charge in [0.25, 0.3) is 5.56 Å². The summed E-state index contributed by atoms with van der Waals surface area (Å²) in [5.41, 5.74) is 1.01. The number of aryl methyl sites for hydroxylation is 1. The number of para-hydroxylation sites is 1. The summed E-state index contributed by atoms with van der Waals surface area (Å²) in [6.45, 7) is 2.01. The van der Waals surface area contributed by atoms with Crippen LogP contribution < -0.4 is 16.6 Å². The van der Waals surface area contributed by atoms with Crippen molar-refractivity contribution >= 4 is 44.9 Å². The number of thiophene rings is 1. The van der Waals surface area contributed by atoms with Crippen molar-refractivity contribution in [2.75, 3.05) is 11.1 Å². The fourth-order valence-corrected chi connectivity index (χ4v) is 4.59. The Balaban J connectivity index is 1.81. The van der Waals surface area contributed by atoms with E-state index in [2.05, 4.69) is 15.3 Å². The Morgan fingerprint density at radius 1 is 1.31 bits per heavy atom. The number of H-pyrrole nitrogens is 2. The Bertz CT molecular complexity index is 1140. The van der Waals surface area contributed by atoms with Crippen molar-refractivity contribution in [1.82, 2.24) is 9.97 Å². The number of fused-ring (bicyclic) bond motifs is 1. The molecule has 0 saturated carbocycles. The van der Waals surface area contributed by atoms with E-state index in [9.17, 15) is 19.6 Å². The lowest BCUT2D eigenvalue weighted by molar-refractivity contribution is -0.113. The number of nitrogens with one attached hydrogen (secondary N) is 3. The van der Waals surface area contributed by atoms with E-state index in [1.165, 1.54) is 0 Å². The van der Waals surface area contributed by atoms with Gasteiger partial charge in [0.1, 0.15) is 16.3 Å². The van der Waals surface area contributed by atoms with Gasteiger partial charge in [0, 0.05) is 5.69 Å². The van der Waals surface area contributed by atoms with Crippen LogP contribution in [0.1, 0.15) is 18.1 Å². The third kappa shape index (κ3) is 3.56. The predicted octanol–water partition coefficient (Wildman–Crippen LogP) is 2.44. The molecule has 0 radical (unpaired) electrons. The molecule has 3 N–H and O–H groups in total. The van der Waals surface area contributed by atoms with Crippen LogP contribution in [0.2, 0.25) is 0 Å². The number of thioether (sulfide) groups is 1. The van der Waals surface area contributed by atoms with Gasteiger partial charge in [-0.15, -0.1) is 23.1 Å². The van der Waals surface area contributed by atoms with E-state index in [0.717, 1.165) is 40.8 Å². The molecule has 26 heavy (non-hydrogen) atoms. The molecular formula is C17H14N4O3S2. The van der Waals surface area contributed by atoms with Gasteiger partial charge in [-0.05, 0) is 18.1 Å². The summed E-state index contributed by atoms with van der Waals surface area (Å²) in [7, 11) is 0. The van der Waals surface area contributed by atoms with Crippen molar-refractivity contribution in [2.45, 2.75) is 17.6 Å². The average molecular weight is 386 g/mol. The summed E-state index contributed by atoms with van der Waals surface area (Å²) in [5, 5.41) is 12.2. The van der Waals surface area contributed by atoms with E-state index in [1.807, 2.05) is 37.3 Å². The second-order valence-electron chi connectivity index (χ2n) is 5.34. The molecule has 1 aromatic carbocycles. The van der Waals surface area contributed by atoms with Crippen molar-refractivity contribution in [3.8, 4) is 6.07 Å². The van der Waals surface area contributed by atoms with Gasteiger partial charge in [-0.2, -0.15) is 5.26 Å². The van der Waals surface area contributed by atoms with Crippen molar-refractivity contribution in [2.24, 2.45) is 0 Å². The molecule has 132 valence electrons. The number of hydrogen-bond donors (Lipinski definition) is 3. The number of aromatic nitrogens is 2. The highest BCUT2D eigenvalue weighted by molar-refractivity contribution is 8.02. The van der Waals surface area contributed by atoms with Crippen molar-refractivity contribution in [1.29, 1.82) is 5.26 Å². The minimum absolute atomic E-state index is 0.0850. The molecule has 0 spiro atoms. The smallest absolute Gasteiger partial charge is 0.325 e. The van der Waals surface area contributed by atoms with Crippen LogP contribution in [0.25, 0.3) is 10.2 Å². The molecule has 0 unspecified atom stereocenters. The lowest BCUT2D eigenvalue weighted by Crippen LogP contribution is -2.20. The van der Waals surface area contributed by atoms with Crippen LogP contribution in [0.3, 0.4) is 0 Å². The van der Waals surface area contributed by atoms with E-state index in [-0.39, 0.29) is 27.4 Å². The number of nitrogens with zero attached hydrogens (tertiary/aromatic N) is 1. The van der Waals surface area contributed by atoms with Gasteiger partial charge >= 0.3 is 5.69 Å². The fraction of sp³-hybridized carbons (Fsp3) is 0.176. The van der Waals surface area contributed by atoms with Crippen molar-refractivity contribution in [3.63, 3.8) is 0 Å². The predicted molar refractivity (Wildman–Crippen MR) is 103 cm³/mol. The molecule has 2 aromatic heterocycles. The summed E-state index contributed by atoms with van der Waals surface area (Å²) in [6, 6.07) is 9.55. The van der Waals surface area contributed by atoms with Gasteiger partial charge in [0.2, 0.25) is 5.91 Å². The molecule has 1 amide bonds. The number of nitriles is 1. The first-order valence-corrected chi connectivity index (χ1v) is 9.53. The maximum absolute atomic E-state index is 12.3. The van der Waals surface area contributed by atoms with E-state index in [0.29, 0.717) is 4.21 Å². The van der Waals surface area contributed by atoms with Gasteiger partial charge in [0.05, 0.1) is 15.5 Å². The Labute approximate surface area is 156 Å². The zero-order valence-electron chi connectivity index (χ0n) is 13.7. The summed E-state index contributed by atoms with van der Waals surface area (Å²) < 4.78 is 0.786. The second-order valence-corrected chi connectivity index (χ2v) is 7.60. The number of hydrogen-bond acceptors (Lipinski definition) is 6. The number of benzene rings is 1. The van der Waals surface area contributed by atoms with Crippen LogP contribution in [0.15, 0.2) is 38.1 Å². The van der Waals surface area contributed by atoms with Gasteiger partial charge in [-0.25, -0.2) is 4.79 Å². The van der Waals surface area contributed by atoms with Crippen LogP contribution in [0, 0.1) is 11.3 Å². The minimum atomic E-state index is -0.665. The maximum Gasteiger partial charge on any atom is 0.326 e. The van der Waals surface area contributed by atoms with E-state index in [4.69, 9.17) is 0 Å². The van der Waals surface area contributed by atoms with E-state index in [1.54, 1.807) is 0 Å². The molecule has 0 aliphatic rings. The van der Waals surface area contributed by atoms with Crippen LogP contribution in [0.5, 0.6) is 0 Å². The number of anilines is 1. The summed E-state index contributed by atoms with van der Waals surface area (Å²) in [4.78, 5) is 40.2. The van der Waals surface area contributed by atoms with Gasteiger partial charge in [-0.3, -0.25) is 14.6 Å². The molecule has 0 fully saturated rings. The maximum atomic E-state index is 12.3. The molecule has 0 saturated heterocycles. The average Bonchev–Trinajstić information content (AvgIpc) is 2.98. The van der Waals surface area contributed by atoms with E-state index < -0.39 is 11.2 Å². The van der Waals surface area contributed by atoms with Crippen LogP contribution >= 0.6 is 23.1 Å². The number of rotatable bonds is 5. The van der Waals surface area contributed by atoms with Crippen molar-refractivity contribution < 1.29 is 4.79 Å². The molecule has 2 heterocycles. The molecular weight excluding hydrogens is 372 g/mol. The highest BCUT2D eigenvalue weighted by Crippen LogP contribution is 2.34. The van der Waals surface area contributed by atoms with Crippen molar-refractivity contribution in [3.05, 3.63) is 56.2 Å². The molecule has 0 bridgehead atoms. The molecule has 0 aliphatic carbocycles. The highest BCUT2D eigenvalue weighted by Gasteiger charge is 2.17. The Morgan fingerprint density at radius 3 is 2.81 bits per heavy atom. The topological polar surface area (TPSA) is 119 Å². The molecule has 3 rings (SSSR count). The van der Waals surface area contributed by atoms with Crippen LogP contribution in [0.4, 0.5) is 5.69 Å². The number of amides is 1.